The first-order valence-corrected chi connectivity index (χ1v) is 12.1. The lowest BCUT2D eigenvalue weighted by molar-refractivity contribution is 0.0526. The lowest BCUT2D eigenvalue weighted by Crippen LogP contribution is -2.45. The Morgan fingerprint density at radius 3 is 2.47 bits per heavy atom. The number of para-hydroxylation sites is 1. The van der Waals surface area contributed by atoms with E-state index in [0.29, 0.717) is 35.7 Å². The van der Waals surface area contributed by atoms with Gasteiger partial charge in [0.15, 0.2) is 5.58 Å². The topological polar surface area (TPSA) is 88.3 Å². The van der Waals surface area contributed by atoms with E-state index in [1.54, 1.807) is 43.3 Å². The van der Waals surface area contributed by atoms with Gasteiger partial charge in [-0.25, -0.2) is 4.79 Å². The number of phenolic OH excluding ortho intramolecular Hbond substituents is 1. The van der Waals surface area contributed by atoms with Gasteiger partial charge in [0.1, 0.15) is 23.8 Å². The highest BCUT2D eigenvalue weighted by Gasteiger charge is 2.22. The molecule has 8 nitrogen and oxygen atoms in total. The summed E-state index contributed by atoms with van der Waals surface area (Å²) in [7, 11) is 0. The second-order valence-corrected chi connectivity index (χ2v) is 8.70. The molecule has 2 heterocycles. The Labute approximate surface area is 209 Å². The van der Waals surface area contributed by atoms with E-state index in [0.717, 1.165) is 37.1 Å². The standard InChI is InChI=1S/C28H29N3O5/c1-2-34-28(33)20-8-10-22(11-9-20)35-19-25-23-12-13-26(32)24(27(23)36-29-25)18-30-14-16-31(17-15-30)21-6-4-3-5-7-21/h3-13,32H,2,14-19H2,1H3. The lowest BCUT2D eigenvalue weighted by atomic mass is 10.1. The van der Waals surface area contributed by atoms with Crippen LogP contribution in [0, 0.1) is 0 Å². The van der Waals surface area contributed by atoms with Gasteiger partial charge in [0.25, 0.3) is 0 Å². The molecule has 0 spiro atoms. The molecule has 0 atom stereocenters. The average molecular weight is 488 g/mol. The van der Waals surface area contributed by atoms with Gasteiger partial charge >= 0.3 is 5.97 Å². The first-order chi connectivity index (χ1) is 17.6. The normalized spacial score (nSPS) is 14.2. The highest BCUT2D eigenvalue weighted by molar-refractivity contribution is 5.89. The molecule has 1 aliphatic rings. The molecule has 1 aliphatic heterocycles. The summed E-state index contributed by atoms with van der Waals surface area (Å²) < 4.78 is 16.6. The number of hydrogen-bond donors (Lipinski definition) is 1. The van der Waals surface area contributed by atoms with Crippen molar-refractivity contribution in [1.82, 2.24) is 10.1 Å². The van der Waals surface area contributed by atoms with Crippen LogP contribution in [0.1, 0.15) is 28.5 Å². The molecule has 1 N–H and O–H groups in total. The first kappa shape index (κ1) is 23.7. The molecule has 1 fully saturated rings. The van der Waals surface area contributed by atoms with E-state index < -0.39 is 0 Å². The minimum atomic E-state index is -0.361. The largest absolute Gasteiger partial charge is 0.507 e. The predicted octanol–water partition coefficient (Wildman–Crippen LogP) is 4.61. The lowest BCUT2D eigenvalue weighted by Gasteiger charge is -2.36. The molecule has 1 saturated heterocycles. The molecule has 186 valence electrons. The monoisotopic (exact) mass is 487 g/mol. The van der Waals surface area contributed by atoms with E-state index in [1.807, 2.05) is 6.07 Å². The van der Waals surface area contributed by atoms with Gasteiger partial charge in [0, 0.05) is 43.8 Å². The number of nitrogens with zero attached hydrogens (tertiary/aromatic N) is 3. The molecule has 0 unspecified atom stereocenters. The summed E-state index contributed by atoms with van der Waals surface area (Å²) in [4.78, 5) is 16.5. The Morgan fingerprint density at radius 2 is 1.75 bits per heavy atom. The van der Waals surface area contributed by atoms with Crippen molar-refractivity contribution in [1.29, 1.82) is 0 Å². The molecule has 36 heavy (non-hydrogen) atoms. The maximum Gasteiger partial charge on any atom is 0.338 e. The predicted molar refractivity (Wildman–Crippen MR) is 136 cm³/mol. The summed E-state index contributed by atoms with van der Waals surface area (Å²) in [5.41, 5.74) is 3.67. The average Bonchev–Trinajstić information content (AvgIpc) is 3.33. The van der Waals surface area contributed by atoms with Crippen LogP contribution in [-0.2, 0) is 17.9 Å². The van der Waals surface area contributed by atoms with Gasteiger partial charge in [-0.3, -0.25) is 4.90 Å². The smallest absolute Gasteiger partial charge is 0.338 e. The van der Waals surface area contributed by atoms with Crippen LogP contribution in [0.25, 0.3) is 11.0 Å². The number of rotatable bonds is 8. The Kier molecular flexibility index (Phi) is 7.04. The quantitative estimate of drug-likeness (QED) is 0.361. The van der Waals surface area contributed by atoms with E-state index >= 15 is 0 Å². The minimum Gasteiger partial charge on any atom is -0.507 e. The number of carbonyl (C=O) groups is 1. The summed E-state index contributed by atoms with van der Waals surface area (Å²) in [6.07, 6.45) is 0. The van der Waals surface area contributed by atoms with Crippen molar-refractivity contribution in [3.8, 4) is 11.5 Å². The van der Waals surface area contributed by atoms with Gasteiger partial charge < -0.3 is 24.0 Å². The van der Waals surface area contributed by atoms with Crippen molar-refractivity contribution in [2.24, 2.45) is 0 Å². The summed E-state index contributed by atoms with van der Waals surface area (Å²) in [5, 5.41) is 15.6. The number of esters is 1. The van der Waals surface area contributed by atoms with Gasteiger partial charge in [-0.1, -0.05) is 23.4 Å². The van der Waals surface area contributed by atoms with Gasteiger partial charge in [0.05, 0.1) is 17.7 Å². The van der Waals surface area contributed by atoms with Gasteiger partial charge in [0.2, 0.25) is 0 Å². The molecule has 0 aliphatic carbocycles. The Bertz CT molecular complexity index is 1310. The third-order valence-electron chi connectivity index (χ3n) is 6.41. The van der Waals surface area contributed by atoms with Crippen molar-refractivity contribution in [2.45, 2.75) is 20.1 Å². The van der Waals surface area contributed by atoms with Crippen LogP contribution in [0.15, 0.2) is 71.3 Å². The van der Waals surface area contributed by atoms with E-state index in [4.69, 9.17) is 14.0 Å². The second kappa shape index (κ2) is 10.7. The van der Waals surface area contributed by atoms with Gasteiger partial charge in [-0.05, 0) is 55.5 Å². The zero-order valence-corrected chi connectivity index (χ0v) is 20.2. The number of hydrogen-bond acceptors (Lipinski definition) is 8. The fourth-order valence-electron chi connectivity index (χ4n) is 4.44. The number of aromatic hydroxyl groups is 1. The Hall–Kier alpha value is -4.04. The summed E-state index contributed by atoms with van der Waals surface area (Å²) in [6.45, 7) is 6.50. The number of fused-ring (bicyclic) bond motifs is 1. The third kappa shape index (κ3) is 5.13. The Morgan fingerprint density at radius 1 is 1.00 bits per heavy atom. The number of carbonyl (C=O) groups excluding carboxylic acids is 1. The molecule has 0 amide bonds. The third-order valence-corrected chi connectivity index (χ3v) is 6.41. The fourth-order valence-corrected chi connectivity index (χ4v) is 4.44. The van der Waals surface area contributed by atoms with Crippen molar-refractivity contribution in [3.63, 3.8) is 0 Å². The summed E-state index contributed by atoms with van der Waals surface area (Å²) >= 11 is 0. The van der Waals surface area contributed by atoms with Crippen molar-refractivity contribution in [2.75, 3.05) is 37.7 Å². The van der Waals surface area contributed by atoms with Crippen LogP contribution in [0.3, 0.4) is 0 Å². The van der Waals surface area contributed by atoms with Crippen LogP contribution in [-0.4, -0.2) is 53.9 Å². The number of anilines is 1. The molecular weight excluding hydrogens is 458 g/mol. The maximum atomic E-state index is 11.8. The van der Waals surface area contributed by atoms with E-state index in [1.165, 1.54) is 5.69 Å². The van der Waals surface area contributed by atoms with Gasteiger partial charge in [-0.15, -0.1) is 0 Å². The molecule has 0 saturated carbocycles. The minimum absolute atomic E-state index is 0.200. The Balaban J connectivity index is 1.24. The number of ether oxygens (including phenoxy) is 2. The highest BCUT2D eigenvalue weighted by atomic mass is 16.5. The summed E-state index contributed by atoms with van der Waals surface area (Å²) in [6, 6.07) is 20.7. The highest BCUT2D eigenvalue weighted by Crippen LogP contribution is 2.31. The molecule has 3 aromatic carbocycles. The van der Waals surface area contributed by atoms with Crippen molar-refractivity contribution < 1.29 is 23.9 Å². The van der Waals surface area contributed by atoms with Crippen LogP contribution in [0.4, 0.5) is 5.69 Å². The molecule has 0 bridgehead atoms. The second-order valence-electron chi connectivity index (χ2n) is 8.70. The maximum absolute atomic E-state index is 11.8. The molecule has 5 rings (SSSR count). The zero-order valence-electron chi connectivity index (χ0n) is 20.2. The van der Waals surface area contributed by atoms with Crippen LogP contribution in [0.2, 0.25) is 0 Å². The van der Waals surface area contributed by atoms with E-state index in [-0.39, 0.29) is 18.3 Å². The van der Waals surface area contributed by atoms with Crippen LogP contribution in [0.5, 0.6) is 11.5 Å². The first-order valence-electron chi connectivity index (χ1n) is 12.1. The molecule has 1 aromatic heterocycles. The SMILES string of the molecule is CCOC(=O)c1ccc(OCc2noc3c(CN4CCN(c5ccccc5)CC4)c(O)ccc23)cc1. The number of benzene rings is 3. The molecule has 0 radical (unpaired) electrons. The number of phenols is 1. The molecule has 8 heteroatoms. The fraction of sp³-hybridized carbons (Fsp3) is 0.286. The van der Waals surface area contributed by atoms with E-state index in [9.17, 15) is 9.90 Å². The summed E-state index contributed by atoms with van der Waals surface area (Å²) in [5.74, 6) is 0.445. The van der Waals surface area contributed by atoms with Crippen LogP contribution < -0.4 is 9.64 Å². The molecular formula is C28H29N3O5. The van der Waals surface area contributed by atoms with Gasteiger partial charge in [-0.2, -0.15) is 0 Å². The van der Waals surface area contributed by atoms with E-state index in [2.05, 4.69) is 39.2 Å². The van der Waals surface area contributed by atoms with Crippen LogP contribution >= 0.6 is 0 Å². The zero-order chi connectivity index (χ0) is 24.9. The van der Waals surface area contributed by atoms with Crippen molar-refractivity contribution in [3.05, 3.63) is 83.6 Å². The number of aromatic nitrogens is 1. The number of piperazine rings is 1. The van der Waals surface area contributed by atoms with Crippen molar-refractivity contribution >= 4 is 22.6 Å². The molecule has 4 aromatic rings.